The second kappa shape index (κ2) is 8.59. The molecule has 2 unspecified atom stereocenters. The van der Waals surface area contributed by atoms with Crippen LogP contribution in [0.15, 0.2) is 54.6 Å². The molecule has 2 atom stereocenters. The molecule has 122 valence electrons. The molecule has 0 amide bonds. The number of rotatable bonds is 7. The van der Waals surface area contributed by atoms with E-state index in [1.165, 1.54) is 0 Å². The Morgan fingerprint density at radius 2 is 1.74 bits per heavy atom. The zero-order chi connectivity index (χ0) is 16.7. The van der Waals surface area contributed by atoms with Gasteiger partial charge in [0.15, 0.2) is 0 Å². The van der Waals surface area contributed by atoms with E-state index >= 15 is 0 Å². The van der Waals surface area contributed by atoms with Crippen LogP contribution in [0.25, 0.3) is 0 Å². The molecule has 0 saturated heterocycles. The Hall–Kier alpha value is -2.00. The van der Waals surface area contributed by atoms with Crippen molar-refractivity contribution in [2.75, 3.05) is 6.61 Å². The van der Waals surface area contributed by atoms with Gasteiger partial charge in [0.2, 0.25) is 0 Å². The van der Waals surface area contributed by atoms with E-state index in [2.05, 4.69) is 0 Å². The van der Waals surface area contributed by atoms with Gasteiger partial charge in [0.05, 0.1) is 6.61 Å². The lowest BCUT2D eigenvalue weighted by atomic mass is 10.1. The predicted octanol–water partition coefficient (Wildman–Crippen LogP) is 4.54. The molecule has 0 radical (unpaired) electrons. The molecule has 23 heavy (non-hydrogen) atoms. The lowest BCUT2D eigenvalue weighted by Gasteiger charge is -2.15. The lowest BCUT2D eigenvalue weighted by Crippen LogP contribution is -2.20. The van der Waals surface area contributed by atoms with Crippen molar-refractivity contribution < 1.29 is 14.3 Å². The molecule has 0 aliphatic carbocycles. The van der Waals surface area contributed by atoms with Gasteiger partial charge in [-0.05, 0) is 43.5 Å². The summed E-state index contributed by atoms with van der Waals surface area (Å²) >= 11 is 6.04. The fourth-order valence-corrected chi connectivity index (χ4v) is 2.46. The molecule has 0 N–H and O–H groups in total. The molecular formula is C19H21ClO3. The molecule has 0 bridgehead atoms. The fraction of sp³-hybridized carbons (Fsp3) is 0.316. The minimum atomic E-state index is -0.662. The number of benzene rings is 2. The predicted molar refractivity (Wildman–Crippen MR) is 91.9 cm³/mol. The molecule has 0 aromatic heterocycles. The Morgan fingerprint density at radius 3 is 2.35 bits per heavy atom. The molecule has 0 heterocycles. The van der Waals surface area contributed by atoms with Crippen LogP contribution in [0.5, 0.6) is 5.75 Å². The van der Waals surface area contributed by atoms with E-state index in [0.29, 0.717) is 13.0 Å². The smallest absolute Gasteiger partial charge is 0.324 e. The van der Waals surface area contributed by atoms with Crippen molar-refractivity contribution in [2.24, 2.45) is 0 Å². The summed E-state index contributed by atoms with van der Waals surface area (Å²) < 4.78 is 10.8. The number of ether oxygens (including phenoxy) is 2. The SMILES string of the molecule is CCOC(=O)C(Cl)Cc1ccc(OC(C)c2ccccc2)cc1. The van der Waals surface area contributed by atoms with Crippen molar-refractivity contribution in [2.45, 2.75) is 31.7 Å². The van der Waals surface area contributed by atoms with Crippen LogP contribution < -0.4 is 4.74 Å². The van der Waals surface area contributed by atoms with E-state index in [-0.39, 0.29) is 12.1 Å². The molecule has 2 aromatic carbocycles. The van der Waals surface area contributed by atoms with Crippen molar-refractivity contribution in [3.8, 4) is 5.75 Å². The summed E-state index contributed by atoms with van der Waals surface area (Å²) in [7, 11) is 0. The van der Waals surface area contributed by atoms with Crippen LogP contribution in [0, 0.1) is 0 Å². The average Bonchev–Trinajstić information content (AvgIpc) is 2.57. The molecule has 0 aliphatic rings. The van der Waals surface area contributed by atoms with Gasteiger partial charge in [0.1, 0.15) is 17.2 Å². The minimum Gasteiger partial charge on any atom is -0.486 e. The van der Waals surface area contributed by atoms with Gasteiger partial charge in [0.25, 0.3) is 0 Å². The van der Waals surface area contributed by atoms with Crippen molar-refractivity contribution in [3.63, 3.8) is 0 Å². The maximum Gasteiger partial charge on any atom is 0.324 e. The van der Waals surface area contributed by atoms with Gasteiger partial charge in [-0.2, -0.15) is 0 Å². The lowest BCUT2D eigenvalue weighted by molar-refractivity contribution is -0.142. The Kier molecular flexibility index (Phi) is 6.48. The first kappa shape index (κ1) is 17.4. The number of hydrogen-bond acceptors (Lipinski definition) is 3. The average molecular weight is 333 g/mol. The molecule has 0 aliphatic heterocycles. The normalized spacial score (nSPS) is 13.2. The fourth-order valence-electron chi connectivity index (χ4n) is 2.22. The van der Waals surface area contributed by atoms with Crippen LogP contribution >= 0.6 is 11.6 Å². The molecule has 2 rings (SSSR count). The summed E-state index contributed by atoms with van der Waals surface area (Å²) in [6.07, 6.45) is 0.414. The van der Waals surface area contributed by atoms with Crippen LogP contribution in [0.1, 0.15) is 31.1 Å². The highest BCUT2D eigenvalue weighted by atomic mass is 35.5. The highest BCUT2D eigenvalue weighted by molar-refractivity contribution is 6.30. The van der Waals surface area contributed by atoms with E-state index in [1.807, 2.05) is 61.5 Å². The van der Waals surface area contributed by atoms with Crippen LogP contribution in [-0.2, 0) is 16.0 Å². The number of hydrogen-bond donors (Lipinski definition) is 0. The monoisotopic (exact) mass is 332 g/mol. The van der Waals surface area contributed by atoms with E-state index in [9.17, 15) is 4.79 Å². The Morgan fingerprint density at radius 1 is 1.09 bits per heavy atom. The van der Waals surface area contributed by atoms with Crippen molar-refractivity contribution >= 4 is 17.6 Å². The quantitative estimate of drug-likeness (QED) is 0.551. The Bertz CT molecular complexity index is 610. The standard InChI is InChI=1S/C19H21ClO3/c1-3-22-19(21)18(20)13-15-9-11-17(12-10-15)23-14(2)16-7-5-4-6-8-16/h4-12,14,18H,3,13H2,1-2H3. The van der Waals surface area contributed by atoms with Gasteiger partial charge in [-0.3, -0.25) is 4.79 Å². The van der Waals surface area contributed by atoms with Gasteiger partial charge in [-0.1, -0.05) is 42.5 Å². The molecule has 0 spiro atoms. The van der Waals surface area contributed by atoms with Gasteiger partial charge >= 0.3 is 5.97 Å². The van der Waals surface area contributed by atoms with Gasteiger partial charge in [-0.15, -0.1) is 11.6 Å². The number of halogens is 1. The van der Waals surface area contributed by atoms with Gasteiger partial charge in [0, 0.05) is 0 Å². The third kappa shape index (κ3) is 5.29. The molecule has 3 nitrogen and oxygen atoms in total. The number of alkyl halides is 1. The van der Waals surface area contributed by atoms with Crippen molar-refractivity contribution in [1.29, 1.82) is 0 Å². The summed E-state index contributed by atoms with van der Waals surface area (Å²) in [4.78, 5) is 11.5. The highest BCUT2D eigenvalue weighted by Crippen LogP contribution is 2.22. The van der Waals surface area contributed by atoms with Crippen LogP contribution in [0.4, 0.5) is 0 Å². The largest absolute Gasteiger partial charge is 0.486 e. The first-order chi connectivity index (χ1) is 11.1. The number of carbonyl (C=O) groups excluding carboxylic acids is 1. The third-order valence-electron chi connectivity index (χ3n) is 3.46. The Labute approximate surface area is 142 Å². The number of esters is 1. The minimum absolute atomic E-state index is 0.0256. The van der Waals surface area contributed by atoms with E-state index < -0.39 is 5.38 Å². The van der Waals surface area contributed by atoms with E-state index in [1.54, 1.807) is 6.92 Å². The summed E-state index contributed by atoms with van der Waals surface area (Å²) in [6, 6.07) is 17.7. The van der Waals surface area contributed by atoms with Gasteiger partial charge in [-0.25, -0.2) is 0 Å². The van der Waals surface area contributed by atoms with Crippen molar-refractivity contribution in [3.05, 3.63) is 65.7 Å². The Balaban J connectivity index is 1.93. The second-order valence-corrected chi connectivity index (χ2v) is 5.77. The summed E-state index contributed by atoms with van der Waals surface area (Å²) in [5.74, 6) is 0.402. The molecule has 0 fully saturated rings. The van der Waals surface area contributed by atoms with E-state index in [4.69, 9.17) is 21.1 Å². The zero-order valence-electron chi connectivity index (χ0n) is 13.4. The zero-order valence-corrected chi connectivity index (χ0v) is 14.1. The van der Waals surface area contributed by atoms with Gasteiger partial charge < -0.3 is 9.47 Å². The summed E-state index contributed by atoms with van der Waals surface area (Å²) in [5, 5.41) is -0.662. The maximum absolute atomic E-state index is 11.5. The first-order valence-corrected chi connectivity index (χ1v) is 8.15. The van der Waals surface area contributed by atoms with E-state index in [0.717, 1.165) is 16.9 Å². The van der Waals surface area contributed by atoms with Crippen LogP contribution in [-0.4, -0.2) is 18.0 Å². The molecule has 2 aromatic rings. The first-order valence-electron chi connectivity index (χ1n) is 7.71. The van der Waals surface area contributed by atoms with Crippen LogP contribution in [0.2, 0.25) is 0 Å². The van der Waals surface area contributed by atoms with Crippen molar-refractivity contribution in [1.82, 2.24) is 0 Å². The molecular weight excluding hydrogens is 312 g/mol. The number of carbonyl (C=O) groups is 1. The summed E-state index contributed by atoms with van der Waals surface area (Å²) in [6.45, 7) is 4.12. The topological polar surface area (TPSA) is 35.5 Å². The highest BCUT2D eigenvalue weighted by Gasteiger charge is 2.17. The summed E-state index contributed by atoms with van der Waals surface area (Å²) in [5.41, 5.74) is 2.09. The maximum atomic E-state index is 11.5. The molecule has 4 heteroatoms. The molecule has 0 saturated carbocycles. The van der Waals surface area contributed by atoms with Crippen LogP contribution in [0.3, 0.4) is 0 Å². The third-order valence-corrected chi connectivity index (χ3v) is 3.79. The second-order valence-electron chi connectivity index (χ2n) is 5.24.